The number of hydrogen-bond acceptors (Lipinski definition) is 2. The van der Waals surface area contributed by atoms with Crippen molar-refractivity contribution in [3.05, 3.63) is 104 Å². The Kier molecular flexibility index (Phi) is 7.86. The van der Waals surface area contributed by atoms with E-state index in [2.05, 4.69) is 129 Å². The lowest BCUT2D eigenvalue weighted by Crippen LogP contribution is -2.18. The van der Waals surface area contributed by atoms with Crippen molar-refractivity contribution in [2.24, 2.45) is 0 Å². The van der Waals surface area contributed by atoms with Crippen molar-refractivity contribution in [3.63, 3.8) is 0 Å². The van der Waals surface area contributed by atoms with Gasteiger partial charge in [0.05, 0.1) is 0 Å². The van der Waals surface area contributed by atoms with Gasteiger partial charge in [-0.3, -0.25) is 9.80 Å². The molecule has 0 saturated carbocycles. The van der Waals surface area contributed by atoms with E-state index in [1.54, 1.807) is 0 Å². The molecule has 0 bridgehead atoms. The average Bonchev–Trinajstić information content (AvgIpc) is 2.67. The smallest absolute Gasteiger partial charge is 0.0234 e. The molecule has 146 valence electrons. The van der Waals surface area contributed by atoms with Crippen molar-refractivity contribution < 1.29 is 0 Å². The normalized spacial score (nSPS) is 11.4. The molecule has 3 rings (SSSR count). The minimum absolute atomic E-state index is 0.949. The summed E-state index contributed by atoms with van der Waals surface area (Å²) in [6.45, 7) is 3.80. The number of nitrogens with zero attached hydrogens (tertiary/aromatic N) is 2. The van der Waals surface area contributed by atoms with Crippen LogP contribution in [0.2, 0.25) is 0 Å². The predicted octanol–water partition coefficient (Wildman–Crippen LogP) is 6.48. The maximum absolute atomic E-state index is 3.49. The van der Waals surface area contributed by atoms with E-state index in [0.717, 1.165) is 35.1 Å². The predicted molar refractivity (Wildman–Crippen MR) is 125 cm³/mol. The fourth-order valence-corrected chi connectivity index (χ4v) is 3.82. The third-order valence-corrected chi connectivity index (χ3v) is 5.72. The van der Waals surface area contributed by atoms with Crippen LogP contribution in [0.3, 0.4) is 0 Å². The topological polar surface area (TPSA) is 6.48 Å². The third-order valence-electron chi connectivity index (χ3n) is 4.66. The van der Waals surface area contributed by atoms with Crippen LogP contribution in [-0.4, -0.2) is 23.9 Å². The third kappa shape index (κ3) is 6.85. The van der Waals surface area contributed by atoms with E-state index < -0.39 is 0 Å². The highest BCUT2D eigenvalue weighted by Crippen LogP contribution is 2.15. The van der Waals surface area contributed by atoms with E-state index in [1.165, 1.54) is 22.3 Å². The molecule has 3 aromatic rings. The van der Waals surface area contributed by atoms with E-state index in [4.69, 9.17) is 0 Å². The standard InChI is InChI=1S/C24H26Br2N2/c1-27(17-21-7-11-23(25)12-8-21)15-19-3-5-20(6-4-19)16-28(2)18-22-9-13-24(26)14-10-22/h3-14H,15-18H2,1-2H3. The van der Waals surface area contributed by atoms with E-state index in [0.29, 0.717) is 0 Å². The van der Waals surface area contributed by atoms with Gasteiger partial charge in [0.25, 0.3) is 0 Å². The molecule has 0 amide bonds. The molecule has 0 aliphatic carbocycles. The SMILES string of the molecule is CN(Cc1ccc(Br)cc1)Cc1ccc(CN(C)Cc2ccc(Br)cc2)cc1. The van der Waals surface area contributed by atoms with Crippen molar-refractivity contribution >= 4 is 31.9 Å². The number of benzene rings is 3. The molecule has 0 heterocycles. The van der Waals surface area contributed by atoms with Crippen molar-refractivity contribution in [1.82, 2.24) is 9.80 Å². The summed E-state index contributed by atoms with van der Waals surface area (Å²) in [6, 6.07) is 26.1. The zero-order chi connectivity index (χ0) is 19.9. The lowest BCUT2D eigenvalue weighted by atomic mass is 10.1. The van der Waals surface area contributed by atoms with Crippen LogP contribution in [0, 0.1) is 0 Å². The fraction of sp³-hybridized carbons (Fsp3) is 0.250. The highest BCUT2D eigenvalue weighted by atomic mass is 79.9. The maximum atomic E-state index is 3.49. The van der Waals surface area contributed by atoms with Gasteiger partial charge in [-0.15, -0.1) is 0 Å². The van der Waals surface area contributed by atoms with Gasteiger partial charge in [-0.2, -0.15) is 0 Å². The molecule has 0 aromatic heterocycles. The largest absolute Gasteiger partial charge is 0.298 e. The van der Waals surface area contributed by atoms with E-state index in [1.807, 2.05) is 0 Å². The molecule has 0 aliphatic rings. The van der Waals surface area contributed by atoms with Crippen LogP contribution in [0.25, 0.3) is 0 Å². The minimum Gasteiger partial charge on any atom is -0.298 e. The van der Waals surface area contributed by atoms with Gasteiger partial charge in [-0.1, -0.05) is 80.4 Å². The molecule has 0 radical (unpaired) electrons. The zero-order valence-electron chi connectivity index (χ0n) is 16.4. The van der Waals surface area contributed by atoms with Gasteiger partial charge in [0.2, 0.25) is 0 Å². The van der Waals surface area contributed by atoms with Crippen LogP contribution >= 0.6 is 31.9 Å². The average molecular weight is 502 g/mol. The van der Waals surface area contributed by atoms with Gasteiger partial charge in [0.1, 0.15) is 0 Å². The van der Waals surface area contributed by atoms with Crippen LogP contribution < -0.4 is 0 Å². The molecule has 2 nitrogen and oxygen atoms in total. The minimum atomic E-state index is 0.949. The summed E-state index contributed by atoms with van der Waals surface area (Å²) in [6.07, 6.45) is 0. The van der Waals surface area contributed by atoms with Crippen molar-refractivity contribution in [3.8, 4) is 0 Å². The number of hydrogen-bond donors (Lipinski definition) is 0. The molecule has 28 heavy (non-hydrogen) atoms. The van der Waals surface area contributed by atoms with E-state index in [9.17, 15) is 0 Å². The molecule has 0 N–H and O–H groups in total. The Morgan fingerprint density at radius 1 is 0.464 bits per heavy atom. The molecule has 0 unspecified atom stereocenters. The summed E-state index contributed by atoms with van der Waals surface area (Å²) in [4.78, 5) is 4.69. The van der Waals surface area contributed by atoms with Crippen LogP contribution in [0.5, 0.6) is 0 Å². The molecule has 0 saturated heterocycles. The number of rotatable bonds is 8. The van der Waals surface area contributed by atoms with E-state index >= 15 is 0 Å². The van der Waals surface area contributed by atoms with E-state index in [-0.39, 0.29) is 0 Å². The van der Waals surface area contributed by atoms with Gasteiger partial charge in [0, 0.05) is 35.1 Å². The van der Waals surface area contributed by atoms with Crippen LogP contribution in [-0.2, 0) is 26.2 Å². The zero-order valence-corrected chi connectivity index (χ0v) is 19.6. The van der Waals surface area contributed by atoms with Gasteiger partial charge < -0.3 is 0 Å². The Morgan fingerprint density at radius 2 is 0.679 bits per heavy atom. The fourth-order valence-electron chi connectivity index (χ4n) is 3.29. The van der Waals surface area contributed by atoms with Crippen LogP contribution in [0.1, 0.15) is 22.3 Å². The van der Waals surface area contributed by atoms with Gasteiger partial charge in [0.15, 0.2) is 0 Å². The summed E-state index contributed by atoms with van der Waals surface area (Å²) in [5.41, 5.74) is 5.35. The first kappa shape index (κ1) is 21.3. The lowest BCUT2D eigenvalue weighted by Gasteiger charge is -2.19. The number of halogens is 2. The maximum Gasteiger partial charge on any atom is 0.0234 e. The first-order valence-corrected chi connectivity index (χ1v) is 11.0. The summed E-state index contributed by atoms with van der Waals surface area (Å²) >= 11 is 6.98. The second-order valence-corrected chi connectivity index (χ2v) is 9.25. The van der Waals surface area contributed by atoms with Gasteiger partial charge in [-0.05, 0) is 60.6 Å². The monoisotopic (exact) mass is 500 g/mol. The lowest BCUT2D eigenvalue weighted by molar-refractivity contribution is 0.316. The summed E-state index contributed by atoms with van der Waals surface area (Å²) in [5.74, 6) is 0. The molecular formula is C24H26Br2N2. The highest BCUT2D eigenvalue weighted by Gasteiger charge is 2.05. The van der Waals surface area contributed by atoms with Crippen molar-refractivity contribution in [2.45, 2.75) is 26.2 Å². The van der Waals surface area contributed by atoms with Crippen LogP contribution in [0.4, 0.5) is 0 Å². The van der Waals surface area contributed by atoms with Crippen LogP contribution in [0.15, 0.2) is 81.7 Å². The molecule has 0 spiro atoms. The van der Waals surface area contributed by atoms with Crippen molar-refractivity contribution in [2.75, 3.05) is 14.1 Å². The Bertz CT molecular complexity index is 784. The summed E-state index contributed by atoms with van der Waals surface area (Å²) in [5, 5.41) is 0. The highest BCUT2D eigenvalue weighted by molar-refractivity contribution is 9.10. The molecule has 0 aliphatic heterocycles. The first-order chi connectivity index (χ1) is 13.5. The summed E-state index contributed by atoms with van der Waals surface area (Å²) < 4.78 is 2.25. The van der Waals surface area contributed by atoms with Crippen molar-refractivity contribution in [1.29, 1.82) is 0 Å². The quantitative estimate of drug-likeness (QED) is 0.348. The van der Waals surface area contributed by atoms with Gasteiger partial charge in [-0.25, -0.2) is 0 Å². The molecule has 0 fully saturated rings. The Morgan fingerprint density at radius 3 is 0.929 bits per heavy atom. The molecule has 0 atom stereocenters. The molecule has 3 aromatic carbocycles. The summed E-state index contributed by atoms with van der Waals surface area (Å²) in [7, 11) is 4.34. The Balaban J connectivity index is 1.49. The Hall–Kier alpha value is -1.46. The molecular weight excluding hydrogens is 476 g/mol. The Labute approximate surface area is 185 Å². The second-order valence-electron chi connectivity index (χ2n) is 7.41. The van der Waals surface area contributed by atoms with Gasteiger partial charge >= 0.3 is 0 Å². The second kappa shape index (κ2) is 10.4. The first-order valence-electron chi connectivity index (χ1n) is 9.42. The molecule has 4 heteroatoms.